The normalized spacial score (nSPS) is 23.3. The molecule has 0 aromatic heterocycles. The summed E-state index contributed by atoms with van der Waals surface area (Å²) in [7, 11) is 1.97. The van der Waals surface area contributed by atoms with Crippen molar-refractivity contribution in [2.75, 3.05) is 7.05 Å². The van der Waals surface area contributed by atoms with Crippen molar-refractivity contribution in [1.29, 1.82) is 0 Å². The van der Waals surface area contributed by atoms with E-state index in [2.05, 4.69) is 59.0 Å². The van der Waals surface area contributed by atoms with Gasteiger partial charge in [-0.05, 0) is 65.3 Å². The quantitative estimate of drug-likeness (QED) is 0.916. The maximum absolute atomic E-state index is 6.38. The Morgan fingerprint density at radius 3 is 2.19 bits per heavy atom. The summed E-state index contributed by atoms with van der Waals surface area (Å²) in [5, 5.41) is 3.19. The van der Waals surface area contributed by atoms with Crippen molar-refractivity contribution in [3.05, 3.63) is 28.8 Å². The molecule has 1 aliphatic rings. The van der Waals surface area contributed by atoms with E-state index in [-0.39, 0.29) is 17.3 Å². The fourth-order valence-electron chi connectivity index (χ4n) is 3.37. The van der Waals surface area contributed by atoms with Gasteiger partial charge >= 0.3 is 0 Å². The van der Waals surface area contributed by atoms with Crippen LogP contribution >= 0.6 is 0 Å². The van der Waals surface area contributed by atoms with Crippen molar-refractivity contribution < 1.29 is 9.47 Å². The summed E-state index contributed by atoms with van der Waals surface area (Å²) in [5.41, 5.74) is 3.30. The molecule has 118 valence electrons. The van der Waals surface area contributed by atoms with Crippen LogP contribution in [-0.4, -0.2) is 24.4 Å². The van der Waals surface area contributed by atoms with Crippen molar-refractivity contribution in [3.63, 3.8) is 0 Å². The van der Waals surface area contributed by atoms with Gasteiger partial charge < -0.3 is 14.8 Å². The zero-order valence-corrected chi connectivity index (χ0v) is 14.5. The Morgan fingerprint density at radius 2 is 1.76 bits per heavy atom. The van der Waals surface area contributed by atoms with Crippen LogP contribution in [0, 0.1) is 13.8 Å². The van der Waals surface area contributed by atoms with Crippen LogP contribution in [0.25, 0.3) is 0 Å². The van der Waals surface area contributed by atoms with E-state index in [4.69, 9.17) is 9.47 Å². The molecule has 1 saturated heterocycles. The number of nitrogens with one attached hydrogen (secondary N) is 1. The van der Waals surface area contributed by atoms with Gasteiger partial charge in [0.2, 0.25) is 0 Å². The van der Waals surface area contributed by atoms with Gasteiger partial charge in [-0.2, -0.15) is 0 Å². The number of ether oxygens (including phenoxy) is 2. The predicted molar refractivity (Wildman–Crippen MR) is 87.0 cm³/mol. The minimum Gasteiger partial charge on any atom is -0.487 e. The Bertz CT molecular complexity index is 497. The van der Waals surface area contributed by atoms with Gasteiger partial charge in [-0.1, -0.05) is 12.1 Å². The second kappa shape index (κ2) is 5.62. The van der Waals surface area contributed by atoms with E-state index < -0.39 is 0 Å². The van der Waals surface area contributed by atoms with Crippen LogP contribution in [0.15, 0.2) is 12.1 Å². The summed E-state index contributed by atoms with van der Waals surface area (Å²) in [6.07, 6.45) is 0.997. The fourth-order valence-corrected chi connectivity index (χ4v) is 3.37. The van der Waals surface area contributed by atoms with Crippen molar-refractivity contribution in [3.8, 4) is 5.75 Å². The van der Waals surface area contributed by atoms with Crippen molar-refractivity contribution >= 4 is 0 Å². The lowest BCUT2D eigenvalue weighted by Gasteiger charge is -2.28. The Labute approximate surface area is 129 Å². The zero-order chi connectivity index (χ0) is 15.8. The molecular weight excluding hydrogens is 262 g/mol. The summed E-state index contributed by atoms with van der Waals surface area (Å²) in [6.45, 7) is 13.6. The summed E-state index contributed by atoms with van der Waals surface area (Å²) in [5.74, 6) is 1.01. The van der Waals surface area contributed by atoms with Crippen LogP contribution in [-0.2, 0) is 11.3 Å². The first kappa shape index (κ1) is 16.3. The highest BCUT2D eigenvalue weighted by molar-refractivity contribution is 5.43. The van der Waals surface area contributed by atoms with E-state index >= 15 is 0 Å². The summed E-state index contributed by atoms with van der Waals surface area (Å²) >= 11 is 0. The van der Waals surface area contributed by atoms with Gasteiger partial charge in [-0.3, -0.25) is 0 Å². The number of aryl methyl sites for hydroxylation is 2. The molecule has 1 unspecified atom stereocenters. The minimum atomic E-state index is -0.258. The van der Waals surface area contributed by atoms with Crippen LogP contribution in [0.4, 0.5) is 0 Å². The van der Waals surface area contributed by atoms with Gasteiger partial charge in [0.25, 0.3) is 0 Å². The smallest absolute Gasteiger partial charge is 0.130 e. The first-order valence-corrected chi connectivity index (χ1v) is 7.76. The molecule has 0 amide bonds. The van der Waals surface area contributed by atoms with Crippen LogP contribution in [0.2, 0.25) is 0 Å². The molecule has 21 heavy (non-hydrogen) atoms. The minimum absolute atomic E-state index is 0.0834. The van der Waals surface area contributed by atoms with E-state index in [9.17, 15) is 0 Å². The Morgan fingerprint density at radius 1 is 1.19 bits per heavy atom. The molecule has 0 radical (unpaired) electrons. The molecular formula is C18H29NO2. The van der Waals surface area contributed by atoms with Gasteiger partial charge in [-0.15, -0.1) is 0 Å². The van der Waals surface area contributed by atoms with Crippen LogP contribution in [0.3, 0.4) is 0 Å². The highest BCUT2D eigenvalue weighted by Gasteiger charge is 2.47. The monoisotopic (exact) mass is 291 g/mol. The van der Waals surface area contributed by atoms with Crippen LogP contribution < -0.4 is 10.1 Å². The second-order valence-electron chi connectivity index (χ2n) is 7.36. The highest BCUT2D eigenvalue weighted by Crippen LogP contribution is 2.40. The van der Waals surface area contributed by atoms with Gasteiger partial charge in [0.1, 0.15) is 17.5 Å². The standard InChI is InChI=1S/C18H29NO2/c1-12-8-14(11-19-7)9-13(2)16(12)20-15-10-17(3,4)21-18(15,5)6/h8-9,15,19H,10-11H2,1-7H3. The lowest BCUT2D eigenvalue weighted by atomic mass is 9.96. The number of benzene rings is 1. The second-order valence-corrected chi connectivity index (χ2v) is 7.36. The molecule has 1 N–H and O–H groups in total. The molecule has 0 spiro atoms. The molecule has 1 aromatic carbocycles. The number of rotatable bonds is 4. The van der Waals surface area contributed by atoms with Gasteiger partial charge in [0.05, 0.1) is 5.60 Å². The number of hydrogen-bond donors (Lipinski definition) is 1. The van der Waals surface area contributed by atoms with Gasteiger partial charge in [-0.25, -0.2) is 0 Å². The Balaban J connectivity index is 2.24. The maximum atomic E-state index is 6.38. The first-order chi connectivity index (χ1) is 9.64. The molecule has 1 heterocycles. The van der Waals surface area contributed by atoms with E-state index in [1.807, 2.05) is 7.05 Å². The fraction of sp³-hybridized carbons (Fsp3) is 0.667. The topological polar surface area (TPSA) is 30.5 Å². The third-order valence-corrected chi connectivity index (χ3v) is 4.15. The lowest BCUT2D eigenvalue weighted by molar-refractivity contribution is -0.0847. The molecule has 1 aliphatic heterocycles. The zero-order valence-electron chi connectivity index (χ0n) is 14.5. The highest BCUT2D eigenvalue weighted by atomic mass is 16.6. The maximum Gasteiger partial charge on any atom is 0.130 e. The van der Waals surface area contributed by atoms with Gasteiger partial charge in [0, 0.05) is 13.0 Å². The summed E-state index contributed by atoms with van der Waals surface area (Å²) < 4.78 is 12.5. The largest absolute Gasteiger partial charge is 0.487 e. The Hall–Kier alpha value is -1.06. The van der Waals surface area contributed by atoms with E-state index in [1.165, 1.54) is 16.7 Å². The molecule has 1 atom stereocenters. The average Bonchev–Trinajstić information content (AvgIpc) is 2.52. The number of hydrogen-bond acceptors (Lipinski definition) is 3. The van der Waals surface area contributed by atoms with Crippen LogP contribution in [0.5, 0.6) is 5.75 Å². The molecule has 0 bridgehead atoms. The molecule has 1 aromatic rings. The summed E-state index contributed by atoms with van der Waals surface area (Å²) in [6, 6.07) is 4.40. The SMILES string of the molecule is CNCc1cc(C)c(OC2CC(C)(C)OC2(C)C)c(C)c1. The average molecular weight is 291 g/mol. The molecule has 0 aliphatic carbocycles. The molecule has 1 fully saturated rings. The third-order valence-electron chi connectivity index (χ3n) is 4.15. The van der Waals surface area contributed by atoms with Crippen LogP contribution in [0.1, 0.15) is 50.8 Å². The molecule has 3 nitrogen and oxygen atoms in total. The predicted octanol–water partition coefficient (Wildman–Crippen LogP) is 3.75. The first-order valence-electron chi connectivity index (χ1n) is 7.76. The van der Waals surface area contributed by atoms with Crippen molar-refractivity contribution in [2.24, 2.45) is 0 Å². The molecule has 0 saturated carbocycles. The Kier molecular flexibility index (Phi) is 4.36. The molecule has 2 rings (SSSR count). The van der Waals surface area contributed by atoms with E-state index in [1.54, 1.807) is 0 Å². The lowest BCUT2D eigenvalue weighted by Crippen LogP contribution is -2.37. The van der Waals surface area contributed by atoms with Gasteiger partial charge in [0.15, 0.2) is 0 Å². The van der Waals surface area contributed by atoms with E-state index in [0.717, 1.165) is 18.7 Å². The van der Waals surface area contributed by atoms with Crippen molar-refractivity contribution in [2.45, 2.75) is 71.8 Å². The summed E-state index contributed by atoms with van der Waals surface area (Å²) in [4.78, 5) is 0. The van der Waals surface area contributed by atoms with Crippen molar-refractivity contribution in [1.82, 2.24) is 5.32 Å². The third kappa shape index (κ3) is 3.58. The van der Waals surface area contributed by atoms with E-state index in [0.29, 0.717) is 0 Å². The molecule has 3 heteroatoms.